The van der Waals surface area contributed by atoms with E-state index in [0.29, 0.717) is 5.92 Å². The van der Waals surface area contributed by atoms with Crippen LogP contribution in [0.4, 0.5) is 0 Å². The third-order valence-corrected chi connectivity index (χ3v) is 6.86. The summed E-state index contributed by atoms with van der Waals surface area (Å²) in [6, 6.07) is 41.4. The minimum absolute atomic E-state index is 0. The maximum absolute atomic E-state index is 2.34. The number of halogens is 2. The number of benzene rings is 4. The molecular weight excluding hydrogens is 679 g/mol. The van der Waals surface area contributed by atoms with Crippen LogP contribution in [0.5, 0.6) is 0 Å². The van der Waals surface area contributed by atoms with Crippen LogP contribution in [0.15, 0.2) is 115 Å². The average molecular weight is 719 g/mol. The monoisotopic (exact) mass is 718 g/mol. The van der Waals surface area contributed by atoms with Crippen LogP contribution in [-0.4, -0.2) is 12.1 Å². The van der Waals surface area contributed by atoms with Gasteiger partial charge in [-0.1, -0.05) is 112 Å². The second kappa shape index (κ2) is 18.6. The van der Waals surface area contributed by atoms with Crippen LogP contribution in [0.1, 0.15) is 36.5 Å². The molecule has 0 saturated carbocycles. The molecule has 4 heteroatoms. The summed E-state index contributed by atoms with van der Waals surface area (Å²) < 4.78 is 0. The predicted octanol–water partition coefficient (Wildman–Crippen LogP) is 11.6. The molecule has 0 spiro atoms. The SMILES string of the molecule is CC(C)c1cc2c(-c3ccccc3)cccc2[cH-]1.Cc1cc2c(-c3ccccc3)ccc(C)c2[cH-]1.Cl.Cl.[CH3-].[CH3-].[Ge]=[Zr]. The summed E-state index contributed by atoms with van der Waals surface area (Å²) in [6.07, 6.45) is 0. The van der Waals surface area contributed by atoms with Crippen molar-refractivity contribution >= 4 is 58.5 Å². The van der Waals surface area contributed by atoms with Crippen molar-refractivity contribution in [2.45, 2.75) is 33.6 Å². The fraction of sp³-hybridized carbons (Fsp3) is 0.135. The Kier molecular flexibility index (Phi) is 17.7. The third kappa shape index (κ3) is 9.29. The minimum atomic E-state index is 0. The molecule has 6 aromatic carbocycles. The fourth-order valence-corrected chi connectivity index (χ4v) is 4.92. The number of fused-ring (bicyclic) bond motifs is 2. The Morgan fingerprint density at radius 2 is 1.15 bits per heavy atom. The van der Waals surface area contributed by atoms with Gasteiger partial charge in [-0.2, -0.15) is 12.1 Å². The Labute approximate surface area is 280 Å². The molecule has 0 saturated heterocycles. The van der Waals surface area contributed by atoms with E-state index >= 15 is 0 Å². The van der Waals surface area contributed by atoms with Gasteiger partial charge >= 0.3 is 33.7 Å². The van der Waals surface area contributed by atoms with E-state index in [9.17, 15) is 0 Å². The first kappa shape index (κ1) is 39.1. The van der Waals surface area contributed by atoms with Gasteiger partial charge in [0.2, 0.25) is 0 Å². The maximum atomic E-state index is 2.34. The molecule has 2 radical (unpaired) electrons. The van der Waals surface area contributed by atoms with E-state index in [2.05, 4.69) is 155 Å². The molecule has 0 aromatic heterocycles. The number of rotatable bonds is 3. The zero-order valence-corrected chi connectivity index (χ0v) is 31.1. The van der Waals surface area contributed by atoms with E-state index in [4.69, 9.17) is 0 Å². The van der Waals surface area contributed by atoms with Crippen LogP contribution < -0.4 is 0 Å². The molecule has 0 N–H and O–H groups in total. The quantitative estimate of drug-likeness (QED) is 0.126. The van der Waals surface area contributed by atoms with Crippen LogP contribution in [0, 0.1) is 28.7 Å². The van der Waals surface area contributed by atoms with Crippen LogP contribution in [0.3, 0.4) is 0 Å². The van der Waals surface area contributed by atoms with Gasteiger partial charge in [0.25, 0.3) is 0 Å². The van der Waals surface area contributed by atoms with Crippen LogP contribution >= 0.6 is 24.8 Å². The summed E-state index contributed by atoms with van der Waals surface area (Å²) in [7, 11) is 0. The van der Waals surface area contributed by atoms with Gasteiger partial charge in [-0.15, -0.1) is 93.4 Å². The van der Waals surface area contributed by atoms with Gasteiger partial charge in [0, 0.05) is 0 Å². The van der Waals surface area contributed by atoms with E-state index < -0.39 is 0 Å². The summed E-state index contributed by atoms with van der Waals surface area (Å²) in [5, 5.41) is 5.46. The molecule has 0 aliphatic rings. The number of aryl methyl sites for hydroxylation is 2. The molecule has 0 fully saturated rings. The molecule has 0 aliphatic carbocycles. The zero-order valence-electron chi connectivity index (χ0n) is 24.9. The normalized spacial score (nSPS) is 9.56. The van der Waals surface area contributed by atoms with Crippen molar-refractivity contribution in [2.75, 3.05) is 0 Å². The Bertz CT molecular complexity index is 1600. The molecule has 6 aromatic rings. The van der Waals surface area contributed by atoms with Gasteiger partial charge in [0.15, 0.2) is 0 Å². The van der Waals surface area contributed by atoms with Gasteiger partial charge in [0.1, 0.15) is 0 Å². The van der Waals surface area contributed by atoms with Crippen molar-refractivity contribution in [1.82, 2.24) is 0 Å². The van der Waals surface area contributed by atoms with E-state index in [1.807, 2.05) is 0 Å². The Hall–Kier alpha value is -1.89. The second-order valence-electron chi connectivity index (χ2n) is 9.77. The van der Waals surface area contributed by atoms with Crippen molar-refractivity contribution in [2.24, 2.45) is 0 Å². The summed E-state index contributed by atoms with van der Waals surface area (Å²) in [5.41, 5.74) is 9.37. The van der Waals surface area contributed by atoms with Gasteiger partial charge < -0.3 is 14.9 Å². The summed E-state index contributed by atoms with van der Waals surface area (Å²) >= 11 is 3.64. The molecule has 41 heavy (non-hydrogen) atoms. The van der Waals surface area contributed by atoms with Gasteiger partial charge in [-0.3, -0.25) is 0 Å². The van der Waals surface area contributed by atoms with Crippen LogP contribution in [-0.2, 0) is 21.6 Å². The molecule has 0 atom stereocenters. The van der Waals surface area contributed by atoms with E-state index in [0.717, 1.165) is 0 Å². The molecule has 0 unspecified atom stereocenters. The first-order chi connectivity index (χ1) is 18.0. The molecular formula is C37H40Cl2GeZr-4. The van der Waals surface area contributed by atoms with Crippen LogP contribution in [0.25, 0.3) is 43.8 Å². The molecule has 6 rings (SSSR count). The number of hydrogen-bond acceptors (Lipinski definition) is 0. The molecule has 0 heterocycles. The summed E-state index contributed by atoms with van der Waals surface area (Å²) in [4.78, 5) is 0. The summed E-state index contributed by atoms with van der Waals surface area (Å²) in [5.74, 6) is 0.584. The van der Waals surface area contributed by atoms with E-state index in [1.165, 1.54) is 60.5 Å². The molecule has 0 bridgehead atoms. The van der Waals surface area contributed by atoms with Crippen LogP contribution in [0.2, 0.25) is 0 Å². The Morgan fingerprint density at radius 3 is 1.68 bits per heavy atom. The fourth-order valence-electron chi connectivity index (χ4n) is 4.92. The first-order valence-corrected chi connectivity index (χ1v) is 20.2. The van der Waals surface area contributed by atoms with Crippen molar-refractivity contribution in [1.29, 1.82) is 0 Å². The summed E-state index contributed by atoms with van der Waals surface area (Å²) in [6.45, 7) is 8.83. The number of hydrogen-bond donors (Lipinski definition) is 0. The van der Waals surface area contributed by atoms with Gasteiger partial charge in [-0.05, 0) is 17.0 Å². The predicted molar refractivity (Wildman–Crippen MR) is 187 cm³/mol. The standard InChI is InChI=1S/C18H17.C17H15.2CH3.2ClH.Ge.Zr/c1-13(2)16-11-15-9-6-10-17(18(15)12-16)14-7-4-3-5-8-14;1-12-10-16-13(2)8-9-15(17(16)11-12)14-6-4-3-5-7-14;;;;;;/h3-13H,1-2H3;3-11H,1-2H3;2*1H3;2*1H;;/q4*-1;;;;. The van der Waals surface area contributed by atoms with E-state index in [-0.39, 0.29) is 39.7 Å². The van der Waals surface area contributed by atoms with E-state index in [1.54, 1.807) is 21.6 Å². The molecule has 0 aliphatic heterocycles. The second-order valence-corrected chi connectivity index (χ2v) is 9.77. The van der Waals surface area contributed by atoms with Gasteiger partial charge in [0.05, 0.1) is 0 Å². The average Bonchev–Trinajstić information content (AvgIpc) is 3.56. The Morgan fingerprint density at radius 1 is 0.610 bits per heavy atom. The molecule has 0 nitrogen and oxygen atoms in total. The Balaban J connectivity index is 0.000000675. The van der Waals surface area contributed by atoms with Crippen molar-refractivity contribution in [3.63, 3.8) is 0 Å². The third-order valence-electron chi connectivity index (χ3n) is 6.86. The molecule has 0 amide bonds. The van der Waals surface area contributed by atoms with Crippen molar-refractivity contribution < 1.29 is 21.6 Å². The molecule has 214 valence electrons. The zero-order chi connectivity index (χ0) is 26.4. The topological polar surface area (TPSA) is 0 Å². The van der Waals surface area contributed by atoms with Gasteiger partial charge in [-0.25, -0.2) is 0 Å². The first-order valence-electron chi connectivity index (χ1n) is 12.7. The van der Waals surface area contributed by atoms with Crippen molar-refractivity contribution in [3.05, 3.63) is 147 Å². The van der Waals surface area contributed by atoms with Crippen molar-refractivity contribution in [3.8, 4) is 22.3 Å².